The highest BCUT2D eigenvalue weighted by Crippen LogP contribution is 2.40. The summed E-state index contributed by atoms with van der Waals surface area (Å²) in [5.41, 5.74) is 7.42. The summed E-state index contributed by atoms with van der Waals surface area (Å²) >= 11 is 1.86. The molecule has 0 spiro atoms. The minimum atomic E-state index is 0.645. The molecule has 0 N–H and O–H groups in total. The van der Waals surface area contributed by atoms with Gasteiger partial charge in [0.15, 0.2) is 5.58 Å². The van der Waals surface area contributed by atoms with Crippen LogP contribution in [0.1, 0.15) is 0 Å². The van der Waals surface area contributed by atoms with Gasteiger partial charge in [0.2, 0.25) is 5.89 Å². The molecule has 5 aromatic carbocycles. The molecule has 0 unspecified atom stereocenters. The third-order valence-electron chi connectivity index (χ3n) is 6.34. The predicted molar refractivity (Wildman–Crippen MR) is 143 cm³/mol. The lowest BCUT2D eigenvalue weighted by molar-refractivity contribution is 0.620. The largest absolute Gasteiger partial charge is 0.436 e. The maximum Gasteiger partial charge on any atom is 0.227 e. The molecule has 2 nitrogen and oxygen atoms in total. The number of rotatable bonds is 3. The van der Waals surface area contributed by atoms with Gasteiger partial charge in [-0.15, -0.1) is 11.3 Å². The molecule has 0 bridgehead atoms. The quantitative estimate of drug-likeness (QED) is 0.266. The molecule has 0 aliphatic heterocycles. The van der Waals surface area contributed by atoms with Gasteiger partial charge < -0.3 is 4.42 Å². The summed E-state index contributed by atoms with van der Waals surface area (Å²) in [6, 6.07) is 40.3. The van der Waals surface area contributed by atoms with Crippen LogP contribution in [0.2, 0.25) is 0 Å². The lowest BCUT2D eigenvalue weighted by Crippen LogP contribution is -1.81. The van der Waals surface area contributed by atoms with Gasteiger partial charge in [0.25, 0.3) is 0 Å². The molecule has 160 valence electrons. The van der Waals surface area contributed by atoms with Crippen LogP contribution in [-0.4, -0.2) is 4.98 Å². The molecule has 0 aliphatic carbocycles. The average Bonchev–Trinajstić information content (AvgIpc) is 3.50. The number of fused-ring (bicyclic) bond motifs is 4. The minimum Gasteiger partial charge on any atom is -0.436 e. The Morgan fingerprint density at radius 1 is 0.559 bits per heavy atom. The SMILES string of the molecule is c1ccc(-c2ccc3oc(-c4ccc(-c5cccc6c5sc5ccccc56)cc4)nc3c2)cc1. The van der Waals surface area contributed by atoms with Crippen molar-refractivity contribution < 1.29 is 4.42 Å². The van der Waals surface area contributed by atoms with E-state index in [0.717, 1.165) is 22.2 Å². The second-order valence-corrected chi connectivity index (χ2v) is 9.48. The first-order valence-electron chi connectivity index (χ1n) is 11.3. The fourth-order valence-corrected chi connectivity index (χ4v) is 5.87. The molecule has 0 aliphatic rings. The molecule has 0 radical (unpaired) electrons. The van der Waals surface area contributed by atoms with Gasteiger partial charge in [-0.2, -0.15) is 0 Å². The molecular weight excluding hydrogens is 434 g/mol. The Balaban J connectivity index is 1.27. The van der Waals surface area contributed by atoms with Gasteiger partial charge in [0.1, 0.15) is 5.52 Å². The summed E-state index contributed by atoms with van der Waals surface area (Å²) in [5, 5.41) is 2.64. The van der Waals surface area contributed by atoms with Crippen molar-refractivity contribution in [1.29, 1.82) is 0 Å². The number of hydrogen-bond donors (Lipinski definition) is 0. The molecule has 7 aromatic rings. The lowest BCUT2D eigenvalue weighted by Gasteiger charge is -2.04. The highest BCUT2D eigenvalue weighted by molar-refractivity contribution is 7.26. The highest BCUT2D eigenvalue weighted by atomic mass is 32.1. The van der Waals surface area contributed by atoms with E-state index < -0.39 is 0 Å². The van der Waals surface area contributed by atoms with Gasteiger partial charge in [-0.1, -0.05) is 84.9 Å². The van der Waals surface area contributed by atoms with Crippen LogP contribution in [0.4, 0.5) is 0 Å². The number of thiophene rings is 1. The van der Waals surface area contributed by atoms with Gasteiger partial charge in [-0.3, -0.25) is 0 Å². The van der Waals surface area contributed by atoms with E-state index in [2.05, 4.69) is 103 Å². The molecule has 0 atom stereocenters. The number of nitrogens with zero attached hydrogens (tertiary/aromatic N) is 1. The minimum absolute atomic E-state index is 0.645. The highest BCUT2D eigenvalue weighted by Gasteiger charge is 2.12. The van der Waals surface area contributed by atoms with E-state index in [1.807, 2.05) is 23.5 Å². The molecule has 2 aromatic heterocycles. The first-order chi connectivity index (χ1) is 16.8. The predicted octanol–water partition coefficient (Wildman–Crippen LogP) is 9.20. The number of benzene rings is 5. The molecular formula is C31H19NOS. The van der Waals surface area contributed by atoms with Crippen LogP contribution in [0.3, 0.4) is 0 Å². The van der Waals surface area contributed by atoms with Gasteiger partial charge in [-0.05, 0) is 52.6 Å². The topological polar surface area (TPSA) is 26.0 Å². The van der Waals surface area contributed by atoms with Crippen molar-refractivity contribution in [1.82, 2.24) is 4.98 Å². The zero-order valence-corrected chi connectivity index (χ0v) is 19.0. The number of oxazole rings is 1. The first-order valence-corrected chi connectivity index (χ1v) is 12.1. The van der Waals surface area contributed by atoms with Crippen molar-refractivity contribution in [2.24, 2.45) is 0 Å². The summed E-state index contributed by atoms with van der Waals surface area (Å²) < 4.78 is 8.74. The summed E-state index contributed by atoms with van der Waals surface area (Å²) in [6.07, 6.45) is 0. The Bertz CT molecular complexity index is 1790. The van der Waals surface area contributed by atoms with Crippen LogP contribution < -0.4 is 0 Å². The fraction of sp³-hybridized carbons (Fsp3) is 0. The van der Waals surface area contributed by atoms with E-state index >= 15 is 0 Å². The first kappa shape index (κ1) is 19.3. The average molecular weight is 454 g/mol. The molecule has 0 fully saturated rings. The summed E-state index contributed by atoms with van der Waals surface area (Å²) in [6.45, 7) is 0. The van der Waals surface area contributed by atoms with Crippen molar-refractivity contribution in [2.45, 2.75) is 0 Å². The Morgan fingerprint density at radius 3 is 2.18 bits per heavy atom. The zero-order chi connectivity index (χ0) is 22.5. The molecule has 0 saturated heterocycles. The van der Waals surface area contributed by atoms with Crippen LogP contribution in [0.25, 0.3) is 65.0 Å². The summed E-state index contributed by atoms with van der Waals surface area (Å²) in [7, 11) is 0. The Kier molecular flexibility index (Phi) is 4.36. The monoisotopic (exact) mass is 453 g/mol. The van der Waals surface area contributed by atoms with Crippen LogP contribution in [0.5, 0.6) is 0 Å². The Morgan fingerprint density at radius 2 is 1.29 bits per heavy atom. The molecule has 7 rings (SSSR count). The molecule has 3 heteroatoms. The van der Waals surface area contributed by atoms with Crippen molar-refractivity contribution >= 4 is 42.6 Å². The van der Waals surface area contributed by atoms with E-state index in [-0.39, 0.29) is 0 Å². The van der Waals surface area contributed by atoms with E-state index in [4.69, 9.17) is 9.40 Å². The van der Waals surface area contributed by atoms with Gasteiger partial charge in [0, 0.05) is 25.7 Å². The molecule has 0 saturated carbocycles. The lowest BCUT2D eigenvalue weighted by atomic mass is 10.0. The maximum absolute atomic E-state index is 6.09. The normalized spacial score (nSPS) is 11.5. The van der Waals surface area contributed by atoms with E-state index in [1.54, 1.807) is 0 Å². The van der Waals surface area contributed by atoms with Crippen molar-refractivity contribution in [3.8, 4) is 33.7 Å². The maximum atomic E-state index is 6.09. The number of hydrogen-bond acceptors (Lipinski definition) is 3. The standard InChI is InChI=1S/C31H19NOS/c1-2-7-20(8-3-1)23-17-18-28-27(19-23)32-31(33-28)22-15-13-21(14-16-22)24-10-6-11-26-25-9-4-5-12-29(25)34-30(24)26/h1-19H. The Hall–Kier alpha value is -4.21. The smallest absolute Gasteiger partial charge is 0.227 e. The van der Waals surface area contributed by atoms with Gasteiger partial charge >= 0.3 is 0 Å². The van der Waals surface area contributed by atoms with Crippen molar-refractivity contribution in [2.75, 3.05) is 0 Å². The van der Waals surface area contributed by atoms with Crippen LogP contribution >= 0.6 is 11.3 Å². The third-order valence-corrected chi connectivity index (χ3v) is 7.56. The van der Waals surface area contributed by atoms with E-state index in [9.17, 15) is 0 Å². The second-order valence-electron chi connectivity index (χ2n) is 8.43. The molecule has 0 amide bonds. The third kappa shape index (κ3) is 3.13. The summed E-state index contributed by atoms with van der Waals surface area (Å²) in [5.74, 6) is 0.645. The van der Waals surface area contributed by atoms with Crippen molar-refractivity contribution in [3.05, 3.63) is 115 Å². The number of aromatic nitrogens is 1. The van der Waals surface area contributed by atoms with Crippen LogP contribution in [0, 0.1) is 0 Å². The summed E-state index contributed by atoms with van der Waals surface area (Å²) in [4.78, 5) is 4.79. The Labute approximate surface area is 200 Å². The molecule has 2 heterocycles. The van der Waals surface area contributed by atoms with Crippen LogP contribution in [0.15, 0.2) is 120 Å². The van der Waals surface area contributed by atoms with Gasteiger partial charge in [-0.25, -0.2) is 4.98 Å². The van der Waals surface area contributed by atoms with E-state index in [1.165, 1.54) is 36.9 Å². The molecule has 34 heavy (non-hydrogen) atoms. The fourth-order valence-electron chi connectivity index (χ4n) is 4.63. The zero-order valence-electron chi connectivity index (χ0n) is 18.2. The second kappa shape index (κ2) is 7.68. The van der Waals surface area contributed by atoms with Crippen molar-refractivity contribution in [3.63, 3.8) is 0 Å². The van der Waals surface area contributed by atoms with E-state index in [0.29, 0.717) is 5.89 Å². The van der Waals surface area contributed by atoms with Crippen LogP contribution in [-0.2, 0) is 0 Å². The van der Waals surface area contributed by atoms with Gasteiger partial charge in [0.05, 0.1) is 0 Å².